The third-order valence-corrected chi connectivity index (χ3v) is 2.16. The summed E-state index contributed by atoms with van der Waals surface area (Å²) in [4.78, 5) is 11.6. The Kier molecular flexibility index (Phi) is 4.24. The molecule has 0 aliphatic carbocycles. The average Bonchev–Trinajstić information content (AvgIpc) is 2.17. The van der Waals surface area contributed by atoms with Crippen molar-refractivity contribution in [3.05, 3.63) is 29.6 Å². The molecule has 1 rings (SSSR count). The predicted octanol–water partition coefficient (Wildman–Crippen LogP) is -0.0683. The van der Waals surface area contributed by atoms with Gasteiger partial charge < -0.3 is 10.4 Å². The fraction of sp³-hybridized carbons (Fsp3) is 0.455. The van der Waals surface area contributed by atoms with Gasteiger partial charge in [-0.15, -0.1) is 0 Å². The van der Waals surface area contributed by atoms with Gasteiger partial charge in [-0.05, 0) is 13.3 Å². The standard InChI is InChI=1S/C11H16N2O2/c1-9-8-13(2)6-4-10(9)11(15)12-5-3-7-14/h4,6,8,14H,3,5,7H2,1-2H3/p+1. The molecule has 0 spiro atoms. The third-order valence-electron chi connectivity index (χ3n) is 2.16. The van der Waals surface area contributed by atoms with Crippen molar-refractivity contribution in [1.29, 1.82) is 0 Å². The van der Waals surface area contributed by atoms with E-state index in [0.29, 0.717) is 18.5 Å². The van der Waals surface area contributed by atoms with Crippen LogP contribution in [0, 0.1) is 6.92 Å². The van der Waals surface area contributed by atoms with Gasteiger partial charge in [0.15, 0.2) is 12.4 Å². The minimum absolute atomic E-state index is 0.0819. The summed E-state index contributed by atoms with van der Waals surface area (Å²) in [7, 11) is 1.92. The zero-order valence-corrected chi connectivity index (χ0v) is 9.16. The Morgan fingerprint density at radius 1 is 1.60 bits per heavy atom. The van der Waals surface area contributed by atoms with Crippen molar-refractivity contribution in [2.75, 3.05) is 13.2 Å². The number of carbonyl (C=O) groups excluding carboxylic acids is 1. The Labute approximate surface area is 89.6 Å². The number of amides is 1. The van der Waals surface area contributed by atoms with E-state index >= 15 is 0 Å². The van der Waals surface area contributed by atoms with Crippen LogP contribution in [0.2, 0.25) is 0 Å². The molecule has 0 saturated heterocycles. The van der Waals surface area contributed by atoms with Crippen LogP contribution in [0.3, 0.4) is 0 Å². The number of aliphatic hydroxyl groups excluding tert-OH is 1. The first kappa shape index (κ1) is 11.7. The molecule has 4 heteroatoms. The monoisotopic (exact) mass is 209 g/mol. The zero-order valence-electron chi connectivity index (χ0n) is 9.16. The molecular weight excluding hydrogens is 192 g/mol. The smallest absolute Gasteiger partial charge is 0.252 e. The maximum Gasteiger partial charge on any atom is 0.252 e. The van der Waals surface area contributed by atoms with E-state index in [1.807, 2.05) is 30.9 Å². The minimum Gasteiger partial charge on any atom is -0.396 e. The summed E-state index contributed by atoms with van der Waals surface area (Å²) in [5, 5.41) is 11.3. The molecule has 1 heterocycles. The lowest BCUT2D eigenvalue weighted by atomic mass is 10.1. The van der Waals surface area contributed by atoms with Gasteiger partial charge >= 0.3 is 0 Å². The van der Waals surface area contributed by atoms with Gasteiger partial charge in [-0.3, -0.25) is 4.79 Å². The molecule has 0 atom stereocenters. The fourth-order valence-electron chi connectivity index (χ4n) is 1.37. The highest BCUT2D eigenvalue weighted by Gasteiger charge is 2.10. The Balaban J connectivity index is 2.65. The summed E-state index contributed by atoms with van der Waals surface area (Å²) in [6.45, 7) is 2.51. The first-order valence-corrected chi connectivity index (χ1v) is 5.00. The van der Waals surface area contributed by atoms with E-state index in [0.717, 1.165) is 5.56 Å². The molecule has 15 heavy (non-hydrogen) atoms. The second kappa shape index (κ2) is 5.46. The first-order valence-electron chi connectivity index (χ1n) is 5.00. The third kappa shape index (κ3) is 3.32. The fourth-order valence-corrected chi connectivity index (χ4v) is 1.37. The molecule has 0 bridgehead atoms. The highest BCUT2D eigenvalue weighted by Crippen LogP contribution is 2.03. The number of rotatable bonds is 4. The second-order valence-electron chi connectivity index (χ2n) is 3.54. The molecule has 0 aliphatic rings. The zero-order chi connectivity index (χ0) is 11.3. The van der Waals surface area contributed by atoms with Crippen LogP contribution in [-0.4, -0.2) is 24.2 Å². The van der Waals surface area contributed by atoms with Gasteiger partial charge in [0.25, 0.3) is 5.91 Å². The molecule has 1 aromatic rings. The van der Waals surface area contributed by atoms with Crippen molar-refractivity contribution < 1.29 is 14.5 Å². The van der Waals surface area contributed by atoms with Crippen LogP contribution in [0.5, 0.6) is 0 Å². The van der Waals surface area contributed by atoms with Crippen LogP contribution in [0.4, 0.5) is 0 Å². The quantitative estimate of drug-likeness (QED) is 0.539. The SMILES string of the molecule is Cc1c[n+](C)ccc1C(=O)NCCCO. The van der Waals surface area contributed by atoms with Gasteiger partial charge in [-0.25, -0.2) is 4.57 Å². The van der Waals surface area contributed by atoms with Crippen LogP contribution < -0.4 is 9.88 Å². The average molecular weight is 209 g/mol. The van der Waals surface area contributed by atoms with Crippen molar-refractivity contribution in [2.24, 2.45) is 7.05 Å². The highest BCUT2D eigenvalue weighted by atomic mass is 16.3. The van der Waals surface area contributed by atoms with Gasteiger partial charge in [0.05, 0.1) is 5.56 Å². The largest absolute Gasteiger partial charge is 0.396 e. The van der Waals surface area contributed by atoms with Gasteiger partial charge in [0.1, 0.15) is 7.05 Å². The number of pyridine rings is 1. The molecule has 0 radical (unpaired) electrons. The molecule has 0 aliphatic heterocycles. The minimum atomic E-state index is -0.0819. The van der Waals surface area contributed by atoms with E-state index in [4.69, 9.17) is 5.11 Å². The lowest BCUT2D eigenvalue weighted by Gasteiger charge is -2.05. The van der Waals surface area contributed by atoms with E-state index in [1.165, 1.54) is 0 Å². The number of hydrogen-bond acceptors (Lipinski definition) is 2. The first-order chi connectivity index (χ1) is 7.15. The summed E-state index contributed by atoms with van der Waals surface area (Å²) in [5.74, 6) is -0.0819. The number of carbonyl (C=O) groups is 1. The molecule has 0 saturated carbocycles. The highest BCUT2D eigenvalue weighted by molar-refractivity contribution is 5.95. The van der Waals surface area contributed by atoms with Gasteiger partial charge in [0.2, 0.25) is 0 Å². The van der Waals surface area contributed by atoms with E-state index < -0.39 is 0 Å². The van der Waals surface area contributed by atoms with Crippen LogP contribution >= 0.6 is 0 Å². The topological polar surface area (TPSA) is 53.2 Å². The number of hydrogen-bond donors (Lipinski definition) is 2. The maximum absolute atomic E-state index is 11.6. The van der Waals surface area contributed by atoms with Crippen LogP contribution in [0.15, 0.2) is 18.5 Å². The predicted molar refractivity (Wildman–Crippen MR) is 56.4 cm³/mol. The van der Waals surface area contributed by atoms with Gasteiger partial charge in [0, 0.05) is 24.8 Å². The summed E-state index contributed by atoms with van der Waals surface area (Å²) in [6, 6.07) is 1.80. The van der Waals surface area contributed by atoms with Crippen molar-refractivity contribution in [3.63, 3.8) is 0 Å². The molecule has 0 aromatic carbocycles. The Morgan fingerprint density at radius 2 is 2.33 bits per heavy atom. The van der Waals surface area contributed by atoms with Gasteiger partial charge in [-0.1, -0.05) is 0 Å². The molecule has 1 amide bonds. The van der Waals surface area contributed by atoms with E-state index in [1.54, 1.807) is 6.07 Å². The summed E-state index contributed by atoms with van der Waals surface area (Å²) in [5.41, 5.74) is 1.63. The van der Waals surface area contributed by atoms with Crippen LogP contribution in [0.25, 0.3) is 0 Å². The van der Waals surface area contributed by atoms with Crippen molar-refractivity contribution >= 4 is 5.91 Å². The number of nitrogens with one attached hydrogen (secondary N) is 1. The van der Waals surface area contributed by atoms with E-state index in [-0.39, 0.29) is 12.5 Å². The second-order valence-corrected chi connectivity index (χ2v) is 3.54. The van der Waals surface area contributed by atoms with Crippen molar-refractivity contribution in [2.45, 2.75) is 13.3 Å². The molecular formula is C11H17N2O2+. The lowest BCUT2D eigenvalue weighted by Crippen LogP contribution is -2.31. The van der Waals surface area contributed by atoms with E-state index in [9.17, 15) is 4.79 Å². The number of nitrogens with zero attached hydrogens (tertiary/aromatic N) is 1. The number of aromatic nitrogens is 1. The normalized spacial score (nSPS) is 10.1. The molecule has 0 fully saturated rings. The Morgan fingerprint density at radius 3 is 2.93 bits per heavy atom. The molecule has 4 nitrogen and oxygen atoms in total. The number of aliphatic hydroxyl groups is 1. The van der Waals surface area contributed by atoms with Crippen molar-refractivity contribution in [3.8, 4) is 0 Å². The van der Waals surface area contributed by atoms with Gasteiger partial charge in [-0.2, -0.15) is 0 Å². The summed E-state index contributed by atoms with van der Waals surface area (Å²) in [6.07, 6.45) is 4.33. The molecule has 1 aromatic heterocycles. The maximum atomic E-state index is 11.6. The summed E-state index contributed by atoms with van der Waals surface area (Å²) < 4.78 is 1.90. The Hall–Kier alpha value is -1.42. The summed E-state index contributed by atoms with van der Waals surface area (Å²) >= 11 is 0. The lowest BCUT2D eigenvalue weighted by molar-refractivity contribution is -0.671. The van der Waals surface area contributed by atoms with E-state index in [2.05, 4.69) is 5.32 Å². The Bertz CT molecular complexity index is 350. The van der Waals surface area contributed by atoms with Crippen LogP contribution in [-0.2, 0) is 7.05 Å². The van der Waals surface area contributed by atoms with Crippen molar-refractivity contribution in [1.82, 2.24) is 5.32 Å². The molecule has 2 N–H and O–H groups in total. The van der Waals surface area contributed by atoms with Crippen LogP contribution in [0.1, 0.15) is 22.3 Å². The molecule has 82 valence electrons. The molecule has 0 unspecified atom stereocenters. The number of aryl methyl sites for hydroxylation is 2.